The smallest absolute Gasteiger partial charge is 0.216 e. The van der Waals surface area contributed by atoms with Gasteiger partial charge in [0.2, 0.25) is 0 Å². The Morgan fingerprint density at radius 2 is 1.45 bits per heavy atom. The van der Waals surface area contributed by atoms with E-state index in [-0.39, 0.29) is 11.8 Å². The van der Waals surface area contributed by atoms with E-state index in [0.29, 0.717) is 12.5 Å². The molecule has 5 rings (SSSR count). The third-order valence-corrected chi connectivity index (χ3v) is 5.54. The number of fused-ring (bicyclic) bond motifs is 1. The van der Waals surface area contributed by atoms with Crippen LogP contribution in [0.25, 0.3) is 0 Å². The molecule has 5 heteroatoms. The molecule has 1 atom stereocenters. The minimum atomic E-state index is -3.65. The van der Waals surface area contributed by atoms with Crippen molar-refractivity contribution in [3.63, 3.8) is 0 Å². The van der Waals surface area contributed by atoms with Crippen LogP contribution in [0.2, 0.25) is 0 Å². The van der Waals surface area contributed by atoms with Crippen molar-refractivity contribution < 1.29 is 8.42 Å². The van der Waals surface area contributed by atoms with Crippen molar-refractivity contribution in [2.45, 2.75) is 18.3 Å². The Kier molecular flexibility index (Phi) is 3.11. The average molecular weight is 314 g/mol. The summed E-state index contributed by atoms with van der Waals surface area (Å²) in [5.74, 6) is 0.837. The molecule has 22 heavy (non-hydrogen) atoms. The molecule has 0 radical (unpaired) electrons. The van der Waals surface area contributed by atoms with Crippen LogP contribution < -0.4 is 9.86 Å². The van der Waals surface area contributed by atoms with Gasteiger partial charge in [0, 0.05) is 18.4 Å². The lowest BCUT2D eigenvalue weighted by atomic mass is 9.59. The normalized spacial score (nSPS) is 25.6. The number of hydrogen-bond acceptors (Lipinski definition) is 2. The highest BCUT2D eigenvalue weighted by atomic mass is 32.2. The first kappa shape index (κ1) is 13.9. The van der Waals surface area contributed by atoms with E-state index < -0.39 is 10.2 Å². The van der Waals surface area contributed by atoms with Crippen LogP contribution in [0.1, 0.15) is 40.5 Å². The predicted octanol–water partition coefficient (Wildman–Crippen LogP) is 2.08. The van der Waals surface area contributed by atoms with Gasteiger partial charge in [-0.1, -0.05) is 48.5 Å². The molecule has 2 aromatic carbocycles. The Morgan fingerprint density at radius 1 is 0.955 bits per heavy atom. The molecule has 2 aromatic rings. The van der Waals surface area contributed by atoms with Crippen LogP contribution in [0.5, 0.6) is 0 Å². The Morgan fingerprint density at radius 3 is 1.95 bits per heavy atom. The van der Waals surface area contributed by atoms with Gasteiger partial charge in [-0.25, -0.2) is 9.86 Å². The molecule has 3 N–H and O–H groups in total. The van der Waals surface area contributed by atoms with Gasteiger partial charge in [-0.05, 0) is 34.6 Å². The Balaban J connectivity index is 1.79. The summed E-state index contributed by atoms with van der Waals surface area (Å²) < 4.78 is 25.0. The summed E-state index contributed by atoms with van der Waals surface area (Å²) in [6, 6.07) is 17.0. The molecule has 0 amide bonds. The largest absolute Gasteiger partial charge is 0.274 e. The van der Waals surface area contributed by atoms with E-state index in [1.807, 2.05) is 0 Å². The van der Waals surface area contributed by atoms with Crippen LogP contribution in [-0.4, -0.2) is 15.0 Å². The van der Waals surface area contributed by atoms with Gasteiger partial charge in [-0.15, -0.1) is 0 Å². The molecule has 0 saturated carbocycles. The fourth-order valence-corrected chi connectivity index (χ4v) is 4.63. The van der Waals surface area contributed by atoms with E-state index >= 15 is 0 Å². The van der Waals surface area contributed by atoms with Gasteiger partial charge in [0.05, 0.1) is 0 Å². The molecule has 0 unspecified atom stereocenters. The maximum Gasteiger partial charge on any atom is 0.274 e. The van der Waals surface area contributed by atoms with Crippen molar-refractivity contribution in [3.8, 4) is 0 Å². The summed E-state index contributed by atoms with van der Waals surface area (Å²) >= 11 is 0. The Bertz CT molecular complexity index is 785. The topological polar surface area (TPSA) is 72.2 Å². The maximum atomic E-state index is 11.2. The van der Waals surface area contributed by atoms with Crippen LogP contribution in [0.4, 0.5) is 0 Å². The van der Waals surface area contributed by atoms with Crippen LogP contribution in [0, 0.1) is 5.92 Å². The second-order valence-corrected chi connectivity index (χ2v) is 7.56. The molecule has 0 spiro atoms. The van der Waals surface area contributed by atoms with Crippen molar-refractivity contribution >= 4 is 10.2 Å². The van der Waals surface area contributed by atoms with Gasteiger partial charge in [0.1, 0.15) is 0 Å². The fraction of sp³-hybridized carbons (Fsp3) is 0.294. The summed E-state index contributed by atoms with van der Waals surface area (Å²) in [6.45, 7) is 0.392. The SMILES string of the molecule is NS(=O)(=O)NC[C@@H]1CC2c3ccccc3C1c1ccccc12. The molecule has 0 aliphatic heterocycles. The lowest BCUT2D eigenvalue weighted by molar-refractivity contribution is 0.355. The molecule has 3 aliphatic carbocycles. The van der Waals surface area contributed by atoms with Crippen molar-refractivity contribution in [2.24, 2.45) is 11.1 Å². The third kappa shape index (κ3) is 2.17. The molecule has 0 fully saturated rings. The monoisotopic (exact) mass is 314 g/mol. The van der Waals surface area contributed by atoms with Crippen LogP contribution in [0.15, 0.2) is 48.5 Å². The minimum absolute atomic E-state index is 0.242. The Hall–Kier alpha value is -1.69. The van der Waals surface area contributed by atoms with Crippen molar-refractivity contribution in [2.75, 3.05) is 6.54 Å². The van der Waals surface area contributed by atoms with E-state index in [9.17, 15) is 8.42 Å². The van der Waals surface area contributed by atoms with E-state index in [4.69, 9.17) is 5.14 Å². The Labute approximate surface area is 130 Å². The van der Waals surface area contributed by atoms with E-state index in [0.717, 1.165) is 6.42 Å². The van der Waals surface area contributed by atoms with Gasteiger partial charge >= 0.3 is 0 Å². The molecule has 3 aliphatic rings. The zero-order valence-corrected chi connectivity index (χ0v) is 12.9. The number of nitrogens with two attached hydrogens (primary N) is 1. The minimum Gasteiger partial charge on any atom is -0.216 e. The molecule has 0 heterocycles. The fourth-order valence-electron chi connectivity index (χ4n) is 4.18. The zero-order chi connectivity index (χ0) is 15.3. The highest BCUT2D eigenvalue weighted by Gasteiger charge is 2.42. The maximum absolute atomic E-state index is 11.2. The van der Waals surface area contributed by atoms with Crippen LogP contribution >= 0.6 is 0 Å². The molecular weight excluding hydrogens is 296 g/mol. The molecule has 2 bridgehead atoms. The second-order valence-electron chi connectivity index (χ2n) is 6.18. The lowest BCUT2D eigenvalue weighted by Crippen LogP contribution is -2.41. The van der Waals surface area contributed by atoms with Gasteiger partial charge < -0.3 is 0 Å². The second kappa shape index (κ2) is 4.91. The summed E-state index contributed by atoms with van der Waals surface area (Å²) in [5.41, 5.74) is 5.44. The quantitative estimate of drug-likeness (QED) is 0.910. The van der Waals surface area contributed by atoms with Crippen molar-refractivity contribution in [1.29, 1.82) is 0 Å². The summed E-state index contributed by atoms with van der Waals surface area (Å²) in [6.07, 6.45) is 0.960. The van der Waals surface area contributed by atoms with Gasteiger partial charge in [-0.2, -0.15) is 8.42 Å². The highest BCUT2D eigenvalue weighted by molar-refractivity contribution is 7.87. The molecule has 0 saturated heterocycles. The molecular formula is C17H18N2O2S. The molecule has 4 nitrogen and oxygen atoms in total. The molecule has 114 valence electrons. The highest BCUT2D eigenvalue weighted by Crippen LogP contribution is 2.55. The van der Waals surface area contributed by atoms with Gasteiger partial charge in [-0.3, -0.25) is 0 Å². The first-order valence-corrected chi connectivity index (χ1v) is 9.04. The third-order valence-electron chi connectivity index (χ3n) is 4.97. The predicted molar refractivity (Wildman–Crippen MR) is 85.8 cm³/mol. The number of nitrogens with one attached hydrogen (secondary N) is 1. The number of rotatable bonds is 3. The summed E-state index contributed by atoms with van der Waals surface area (Å²) in [4.78, 5) is 0. The summed E-state index contributed by atoms with van der Waals surface area (Å²) in [7, 11) is -3.65. The summed E-state index contributed by atoms with van der Waals surface area (Å²) in [5, 5.41) is 5.10. The average Bonchev–Trinajstić information content (AvgIpc) is 2.52. The number of hydrogen-bond donors (Lipinski definition) is 2. The van der Waals surface area contributed by atoms with Crippen LogP contribution in [-0.2, 0) is 10.2 Å². The van der Waals surface area contributed by atoms with E-state index in [1.54, 1.807) is 0 Å². The first-order valence-electron chi connectivity index (χ1n) is 7.49. The van der Waals surface area contributed by atoms with E-state index in [1.165, 1.54) is 22.3 Å². The first-order chi connectivity index (χ1) is 10.5. The van der Waals surface area contributed by atoms with Crippen LogP contribution in [0.3, 0.4) is 0 Å². The van der Waals surface area contributed by atoms with E-state index in [2.05, 4.69) is 53.3 Å². The van der Waals surface area contributed by atoms with Crippen molar-refractivity contribution in [1.82, 2.24) is 4.72 Å². The lowest BCUT2D eigenvalue weighted by Gasteiger charge is -2.45. The number of benzene rings is 2. The van der Waals surface area contributed by atoms with Crippen molar-refractivity contribution in [3.05, 3.63) is 70.8 Å². The van der Waals surface area contributed by atoms with Gasteiger partial charge in [0.15, 0.2) is 0 Å². The molecule has 0 aromatic heterocycles. The standard InChI is InChI=1S/C17H18N2O2S/c18-22(20,21)19-10-11-9-16-12-5-1-3-7-14(12)17(11)15-8-4-2-6-13(15)16/h1-8,11,16-17,19H,9-10H2,(H2,18,20,21)/t11-,16?,17?/m0/s1. The zero-order valence-electron chi connectivity index (χ0n) is 12.1. The van der Waals surface area contributed by atoms with Gasteiger partial charge in [0.25, 0.3) is 10.2 Å².